The fraction of sp³-hybridized carbons (Fsp3) is 0.500. The molecule has 18 heavy (non-hydrogen) atoms. The van der Waals surface area contributed by atoms with Crippen molar-refractivity contribution in [1.82, 2.24) is 0 Å². The van der Waals surface area contributed by atoms with Crippen LogP contribution in [0.4, 0.5) is 5.69 Å². The minimum Gasteiger partial charge on any atom is -0.395 e. The largest absolute Gasteiger partial charge is 0.395 e. The molecule has 0 spiro atoms. The van der Waals surface area contributed by atoms with E-state index >= 15 is 0 Å². The van der Waals surface area contributed by atoms with Crippen molar-refractivity contribution in [2.75, 3.05) is 30.3 Å². The highest BCUT2D eigenvalue weighted by atomic mass is 32.2. The highest BCUT2D eigenvalue weighted by Crippen LogP contribution is 2.30. The Hall–Kier alpha value is -1.18. The lowest BCUT2D eigenvalue weighted by atomic mass is 10.1. The molecule has 1 aromatic rings. The van der Waals surface area contributed by atoms with Gasteiger partial charge in [-0.15, -0.1) is 11.8 Å². The minimum atomic E-state index is 0.107. The van der Waals surface area contributed by atoms with Crippen LogP contribution in [0.5, 0.6) is 0 Å². The first kappa shape index (κ1) is 14.9. The first-order valence-corrected chi connectivity index (χ1v) is 7.28. The predicted molar refractivity (Wildman–Crippen MR) is 77.1 cm³/mol. The second-order valence-electron chi connectivity index (χ2n) is 3.91. The van der Waals surface area contributed by atoms with Gasteiger partial charge in [-0.05, 0) is 24.3 Å². The van der Waals surface area contributed by atoms with Gasteiger partial charge in [0.05, 0.1) is 17.9 Å². The molecule has 0 fully saturated rings. The van der Waals surface area contributed by atoms with Gasteiger partial charge in [-0.1, -0.05) is 19.9 Å². The molecule has 0 bridgehead atoms. The summed E-state index contributed by atoms with van der Waals surface area (Å²) in [6.45, 7) is 5.71. The topological polar surface area (TPSA) is 47.3 Å². The molecular weight excluding hydrogens is 244 g/mol. The molecule has 1 N–H and O–H groups in total. The van der Waals surface area contributed by atoms with E-state index in [0.29, 0.717) is 6.54 Å². The molecule has 0 aliphatic heterocycles. The van der Waals surface area contributed by atoms with Gasteiger partial charge in [-0.2, -0.15) is 5.26 Å². The molecule has 0 saturated carbocycles. The minimum absolute atomic E-state index is 0.107. The van der Waals surface area contributed by atoms with Gasteiger partial charge in [0, 0.05) is 18.0 Å². The maximum atomic E-state index is 9.36. The number of anilines is 1. The maximum Gasteiger partial charge on any atom is 0.103 e. The molecule has 0 heterocycles. The molecule has 1 aromatic carbocycles. The summed E-state index contributed by atoms with van der Waals surface area (Å²) < 4.78 is 0. The average molecular weight is 264 g/mol. The van der Waals surface area contributed by atoms with Crippen molar-refractivity contribution >= 4 is 17.4 Å². The van der Waals surface area contributed by atoms with E-state index in [1.165, 1.54) is 0 Å². The van der Waals surface area contributed by atoms with Crippen molar-refractivity contribution in [1.29, 1.82) is 5.26 Å². The van der Waals surface area contributed by atoms with Gasteiger partial charge in [0.25, 0.3) is 0 Å². The second-order valence-corrected chi connectivity index (χ2v) is 5.21. The molecule has 3 nitrogen and oxygen atoms in total. The zero-order chi connectivity index (χ0) is 13.4. The van der Waals surface area contributed by atoms with Gasteiger partial charge >= 0.3 is 0 Å². The van der Waals surface area contributed by atoms with Crippen molar-refractivity contribution < 1.29 is 5.11 Å². The summed E-state index contributed by atoms with van der Waals surface area (Å²) in [4.78, 5) is 3.11. The van der Waals surface area contributed by atoms with Gasteiger partial charge in [0.15, 0.2) is 0 Å². The van der Waals surface area contributed by atoms with Crippen LogP contribution in [0.2, 0.25) is 0 Å². The number of benzene rings is 1. The average Bonchev–Trinajstić information content (AvgIpc) is 2.38. The number of aliphatic hydroxyl groups excluding tert-OH is 1. The van der Waals surface area contributed by atoms with Crippen LogP contribution in [-0.2, 0) is 0 Å². The summed E-state index contributed by atoms with van der Waals surface area (Å²) in [7, 11) is 0. The second kappa shape index (κ2) is 8.02. The van der Waals surface area contributed by atoms with E-state index in [2.05, 4.69) is 24.8 Å². The van der Waals surface area contributed by atoms with Crippen LogP contribution in [0, 0.1) is 11.3 Å². The van der Waals surface area contributed by atoms with E-state index in [-0.39, 0.29) is 6.61 Å². The third-order valence-corrected chi connectivity index (χ3v) is 3.56. The monoisotopic (exact) mass is 264 g/mol. The van der Waals surface area contributed by atoms with Gasteiger partial charge in [-0.25, -0.2) is 0 Å². The third-order valence-electron chi connectivity index (χ3n) is 2.62. The number of hydrogen-bond donors (Lipinski definition) is 1. The van der Waals surface area contributed by atoms with Gasteiger partial charge in [0.1, 0.15) is 6.07 Å². The molecule has 0 unspecified atom stereocenters. The lowest BCUT2D eigenvalue weighted by molar-refractivity contribution is 0.302. The molecular formula is C14H20N2OS. The Kier molecular flexibility index (Phi) is 6.63. The molecule has 0 atom stereocenters. The van der Waals surface area contributed by atoms with E-state index < -0.39 is 0 Å². The highest BCUT2D eigenvalue weighted by molar-refractivity contribution is 7.99. The molecule has 1 rings (SSSR count). The van der Waals surface area contributed by atoms with Crippen LogP contribution < -0.4 is 4.90 Å². The molecule has 0 amide bonds. The molecule has 0 aromatic heterocycles. The standard InChI is InChI=1S/C14H20N2OS/c1-3-8-16(9-10-17)13-6-5-7-14(18-4-2)12(13)11-15/h5-7,17H,3-4,8-10H2,1-2H3. The van der Waals surface area contributed by atoms with Crippen molar-refractivity contribution in [3.63, 3.8) is 0 Å². The summed E-state index contributed by atoms with van der Waals surface area (Å²) in [5, 5.41) is 18.5. The van der Waals surface area contributed by atoms with Crippen molar-refractivity contribution in [2.45, 2.75) is 25.2 Å². The number of hydrogen-bond acceptors (Lipinski definition) is 4. The van der Waals surface area contributed by atoms with Crippen molar-refractivity contribution in [3.05, 3.63) is 23.8 Å². The van der Waals surface area contributed by atoms with Gasteiger partial charge < -0.3 is 10.0 Å². The zero-order valence-electron chi connectivity index (χ0n) is 11.0. The Morgan fingerprint density at radius 2 is 2.11 bits per heavy atom. The Morgan fingerprint density at radius 1 is 1.33 bits per heavy atom. The normalized spacial score (nSPS) is 10.1. The summed E-state index contributed by atoms with van der Waals surface area (Å²) in [5.74, 6) is 0.950. The van der Waals surface area contributed by atoms with Crippen molar-refractivity contribution in [2.24, 2.45) is 0 Å². The molecule has 4 heteroatoms. The number of aliphatic hydroxyl groups is 1. The highest BCUT2D eigenvalue weighted by Gasteiger charge is 2.13. The first-order chi connectivity index (χ1) is 8.78. The van der Waals surface area contributed by atoms with E-state index in [1.807, 2.05) is 18.2 Å². The predicted octanol–water partition coefficient (Wildman–Crippen LogP) is 2.88. The SMILES string of the molecule is CCCN(CCO)c1cccc(SCC)c1C#N. The lowest BCUT2D eigenvalue weighted by Gasteiger charge is -2.25. The van der Waals surface area contributed by atoms with E-state index in [9.17, 15) is 5.26 Å². The number of nitriles is 1. The number of rotatable bonds is 7. The molecule has 98 valence electrons. The quantitative estimate of drug-likeness (QED) is 0.769. The Labute approximate surface area is 113 Å². The third kappa shape index (κ3) is 3.66. The fourth-order valence-corrected chi connectivity index (χ4v) is 2.69. The van der Waals surface area contributed by atoms with Gasteiger partial charge in [-0.3, -0.25) is 0 Å². The summed E-state index contributed by atoms with van der Waals surface area (Å²) >= 11 is 1.68. The van der Waals surface area contributed by atoms with Crippen LogP contribution in [0.3, 0.4) is 0 Å². The van der Waals surface area contributed by atoms with Crippen LogP contribution in [-0.4, -0.2) is 30.6 Å². The van der Waals surface area contributed by atoms with Crippen molar-refractivity contribution in [3.8, 4) is 6.07 Å². The Balaban J connectivity index is 3.12. The fourth-order valence-electron chi connectivity index (χ4n) is 1.91. The number of nitrogens with zero attached hydrogens (tertiary/aromatic N) is 2. The van der Waals surface area contributed by atoms with Crippen LogP contribution in [0.15, 0.2) is 23.1 Å². The van der Waals surface area contributed by atoms with Crippen LogP contribution in [0.25, 0.3) is 0 Å². The smallest absolute Gasteiger partial charge is 0.103 e. The maximum absolute atomic E-state index is 9.36. The summed E-state index contributed by atoms with van der Waals surface area (Å²) in [5.41, 5.74) is 1.66. The zero-order valence-corrected chi connectivity index (χ0v) is 11.8. The molecule has 0 aliphatic carbocycles. The Morgan fingerprint density at radius 3 is 2.67 bits per heavy atom. The summed E-state index contributed by atoms with van der Waals surface area (Å²) in [6, 6.07) is 8.23. The van der Waals surface area contributed by atoms with E-state index in [4.69, 9.17) is 5.11 Å². The number of thioether (sulfide) groups is 1. The summed E-state index contributed by atoms with van der Waals surface area (Å²) in [6.07, 6.45) is 0.996. The molecule has 0 radical (unpaired) electrons. The van der Waals surface area contributed by atoms with Gasteiger partial charge in [0.2, 0.25) is 0 Å². The molecule has 0 aliphatic rings. The molecule has 0 saturated heterocycles. The van der Waals surface area contributed by atoms with E-state index in [1.54, 1.807) is 11.8 Å². The van der Waals surface area contributed by atoms with E-state index in [0.717, 1.165) is 34.9 Å². The van der Waals surface area contributed by atoms with Crippen LogP contribution in [0.1, 0.15) is 25.8 Å². The van der Waals surface area contributed by atoms with Crippen LogP contribution >= 0.6 is 11.8 Å². The first-order valence-electron chi connectivity index (χ1n) is 6.30. The Bertz CT molecular complexity index is 409. The lowest BCUT2D eigenvalue weighted by Crippen LogP contribution is -2.28.